The molecule has 0 aliphatic rings. The third kappa shape index (κ3) is 2.90. The van der Waals surface area contributed by atoms with Crippen LogP contribution in [0.25, 0.3) is 0 Å². The van der Waals surface area contributed by atoms with E-state index >= 15 is 0 Å². The summed E-state index contributed by atoms with van der Waals surface area (Å²) in [5, 5.41) is 17.7. The predicted octanol–water partition coefficient (Wildman–Crippen LogP) is 4.12. The maximum atomic E-state index is 13.6. The van der Waals surface area contributed by atoms with Crippen molar-refractivity contribution in [3.63, 3.8) is 0 Å². The molecule has 0 aliphatic carbocycles. The van der Waals surface area contributed by atoms with Crippen LogP contribution in [0.1, 0.15) is 11.1 Å². The van der Waals surface area contributed by atoms with Gasteiger partial charge < -0.3 is 4.74 Å². The highest BCUT2D eigenvalue weighted by Crippen LogP contribution is 2.32. The van der Waals surface area contributed by atoms with E-state index in [2.05, 4.69) is 15.9 Å². The monoisotopic (exact) mass is 316 g/mol. The standard InChI is InChI=1S/C14H6BrFN2O/c15-12-2-1-3-13(16)14(12)19-11-5-9(7-17)4-10(6-11)8-18/h1-6H. The number of para-hydroxylation sites is 1. The Morgan fingerprint density at radius 1 is 1.05 bits per heavy atom. The van der Waals surface area contributed by atoms with Crippen molar-refractivity contribution < 1.29 is 9.13 Å². The molecule has 0 saturated heterocycles. The second-order valence-corrected chi connectivity index (χ2v) is 4.48. The molecule has 0 bridgehead atoms. The Hall–Kier alpha value is -2.37. The van der Waals surface area contributed by atoms with Gasteiger partial charge in [0, 0.05) is 0 Å². The van der Waals surface area contributed by atoms with E-state index in [9.17, 15) is 4.39 Å². The molecule has 0 saturated carbocycles. The molecule has 2 aromatic rings. The Kier molecular flexibility index (Phi) is 3.79. The second kappa shape index (κ2) is 5.51. The molecule has 0 atom stereocenters. The molecule has 19 heavy (non-hydrogen) atoms. The maximum Gasteiger partial charge on any atom is 0.177 e. The molecule has 5 heteroatoms. The van der Waals surface area contributed by atoms with Crippen LogP contribution in [0.3, 0.4) is 0 Å². The van der Waals surface area contributed by atoms with Crippen LogP contribution in [-0.4, -0.2) is 0 Å². The van der Waals surface area contributed by atoms with Crippen LogP contribution in [0.4, 0.5) is 4.39 Å². The smallest absolute Gasteiger partial charge is 0.177 e. The Balaban J connectivity index is 2.45. The van der Waals surface area contributed by atoms with Crippen molar-refractivity contribution >= 4 is 15.9 Å². The summed E-state index contributed by atoms with van der Waals surface area (Å²) >= 11 is 3.18. The summed E-state index contributed by atoms with van der Waals surface area (Å²) in [5.74, 6) is -0.280. The van der Waals surface area contributed by atoms with Crippen molar-refractivity contribution in [1.29, 1.82) is 10.5 Å². The molecule has 3 nitrogen and oxygen atoms in total. The fourth-order valence-electron chi connectivity index (χ4n) is 1.48. The predicted molar refractivity (Wildman–Crippen MR) is 70.0 cm³/mol. The summed E-state index contributed by atoms with van der Waals surface area (Å²) in [6.45, 7) is 0. The molecule has 0 spiro atoms. The molecule has 0 aromatic heterocycles. The fraction of sp³-hybridized carbons (Fsp3) is 0. The summed E-state index contributed by atoms with van der Waals surface area (Å²) in [5.41, 5.74) is 0.558. The number of nitrogens with zero attached hydrogens (tertiary/aromatic N) is 2. The highest BCUT2D eigenvalue weighted by atomic mass is 79.9. The van der Waals surface area contributed by atoms with Crippen molar-refractivity contribution in [2.24, 2.45) is 0 Å². The highest BCUT2D eigenvalue weighted by molar-refractivity contribution is 9.10. The van der Waals surface area contributed by atoms with Crippen molar-refractivity contribution in [3.8, 4) is 23.6 Å². The number of halogens is 2. The Labute approximate surface area is 117 Å². The third-order valence-electron chi connectivity index (χ3n) is 2.30. The Morgan fingerprint density at radius 3 is 2.21 bits per heavy atom. The summed E-state index contributed by atoms with van der Waals surface area (Å²) < 4.78 is 19.5. The lowest BCUT2D eigenvalue weighted by molar-refractivity contribution is 0.439. The zero-order valence-electron chi connectivity index (χ0n) is 9.52. The van der Waals surface area contributed by atoms with E-state index in [-0.39, 0.29) is 22.6 Å². The number of hydrogen-bond acceptors (Lipinski definition) is 3. The first kappa shape index (κ1) is 13.1. The first-order valence-corrected chi connectivity index (χ1v) is 6.00. The van der Waals surface area contributed by atoms with E-state index in [1.165, 1.54) is 24.3 Å². The van der Waals surface area contributed by atoms with Gasteiger partial charge in [0.2, 0.25) is 0 Å². The number of nitriles is 2. The molecule has 0 N–H and O–H groups in total. The molecule has 0 unspecified atom stereocenters. The summed E-state index contributed by atoms with van der Waals surface area (Å²) in [6.07, 6.45) is 0. The molecule has 2 rings (SSSR count). The number of hydrogen-bond donors (Lipinski definition) is 0. The van der Waals surface area contributed by atoms with Crippen molar-refractivity contribution in [3.05, 3.63) is 57.8 Å². The zero-order chi connectivity index (χ0) is 13.8. The lowest BCUT2D eigenvalue weighted by atomic mass is 10.1. The van der Waals surface area contributed by atoms with Gasteiger partial charge in [0.15, 0.2) is 11.6 Å². The molecular weight excluding hydrogens is 311 g/mol. The molecule has 0 aliphatic heterocycles. The highest BCUT2D eigenvalue weighted by Gasteiger charge is 2.10. The van der Waals surface area contributed by atoms with E-state index in [1.807, 2.05) is 12.1 Å². The van der Waals surface area contributed by atoms with E-state index in [0.717, 1.165) is 0 Å². The minimum absolute atomic E-state index is 0.0153. The van der Waals surface area contributed by atoms with Crippen LogP contribution in [0, 0.1) is 28.5 Å². The largest absolute Gasteiger partial charge is 0.453 e. The van der Waals surface area contributed by atoms with Gasteiger partial charge in [-0.15, -0.1) is 0 Å². The van der Waals surface area contributed by atoms with Crippen LogP contribution >= 0.6 is 15.9 Å². The van der Waals surface area contributed by atoms with Gasteiger partial charge in [-0.05, 0) is 46.3 Å². The van der Waals surface area contributed by atoms with Crippen LogP contribution in [-0.2, 0) is 0 Å². The Bertz CT molecular complexity index is 664. The summed E-state index contributed by atoms with van der Waals surface area (Å²) in [6, 6.07) is 12.6. The number of benzene rings is 2. The minimum atomic E-state index is -0.532. The molecule has 0 heterocycles. The lowest BCUT2D eigenvalue weighted by Gasteiger charge is -2.09. The Morgan fingerprint density at radius 2 is 1.68 bits per heavy atom. The quantitative estimate of drug-likeness (QED) is 0.837. The fourth-order valence-corrected chi connectivity index (χ4v) is 1.91. The van der Waals surface area contributed by atoms with E-state index in [0.29, 0.717) is 4.47 Å². The first-order valence-electron chi connectivity index (χ1n) is 5.21. The summed E-state index contributed by atoms with van der Waals surface area (Å²) in [4.78, 5) is 0. The maximum absolute atomic E-state index is 13.6. The average Bonchev–Trinajstić information content (AvgIpc) is 2.42. The van der Waals surface area contributed by atoms with Crippen LogP contribution in [0.5, 0.6) is 11.5 Å². The van der Waals surface area contributed by atoms with Gasteiger partial charge in [-0.1, -0.05) is 6.07 Å². The lowest BCUT2D eigenvalue weighted by Crippen LogP contribution is -1.91. The van der Waals surface area contributed by atoms with E-state index in [1.54, 1.807) is 12.1 Å². The molecule has 2 aromatic carbocycles. The number of rotatable bonds is 2. The van der Waals surface area contributed by atoms with Gasteiger partial charge in [-0.2, -0.15) is 10.5 Å². The van der Waals surface area contributed by atoms with Crippen LogP contribution < -0.4 is 4.74 Å². The summed E-state index contributed by atoms with van der Waals surface area (Å²) in [7, 11) is 0. The third-order valence-corrected chi connectivity index (χ3v) is 2.93. The normalized spacial score (nSPS) is 9.47. The number of ether oxygens (including phenoxy) is 1. The zero-order valence-corrected chi connectivity index (χ0v) is 11.1. The molecule has 0 fully saturated rings. The van der Waals surface area contributed by atoms with Gasteiger partial charge in [-0.25, -0.2) is 4.39 Å². The van der Waals surface area contributed by atoms with Gasteiger partial charge in [0.25, 0.3) is 0 Å². The van der Waals surface area contributed by atoms with Crippen molar-refractivity contribution in [1.82, 2.24) is 0 Å². The van der Waals surface area contributed by atoms with E-state index in [4.69, 9.17) is 15.3 Å². The van der Waals surface area contributed by atoms with Gasteiger partial charge in [-0.3, -0.25) is 0 Å². The average molecular weight is 317 g/mol. The molecule has 92 valence electrons. The van der Waals surface area contributed by atoms with Gasteiger partial charge in [0.1, 0.15) is 5.75 Å². The topological polar surface area (TPSA) is 56.8 Å². The van der Waals surface area contributed by atoms with Crippen LogP contribution in [0.15, 0.2) is 40.9 Å². The minimum Gasteiger partial charge on any atom is -0.453 e. The van der Waals surface area contributed by atoms with Gasteiger partial charge >= 0.3 is 0 Å². The van der Waals surface area contributed by atoms with Crippen molar-refractivity contribution in [2.75, 3.05) is 0 Å². The molecular formula is C14H6BrFN2O. The van der Waals surface area contributed by atoms with Crippen LogP contribution in [0.2, 0.25) is 0 Å². The van der Waals surface area contributed by atoms with Gasteiger partial charge in [0.05, 0.1) is 27.7 Å². The molecule has 0 amide bonds. The first-order chi connectivity index (χ1) is 9.13. The second-order valence-electron chi connectivity index (χ2n) is 3.62. The van der Waals surface area contributed by atoms with Crippen molar-refractivity contribution in [2.45, 2.75) is 0 Å². The molecule has 0 radical (unpaired) electrons. The SMILES string of the molecule is N#Cc1cc(C#N)cc(Oc2c(F)cccc2Br)c1. The van der Waals surface area contributed by atoms with E-state index < -0.39 is 5.82 Å².